The normalized spacial score (nSPS) is 15.5. The van der Waals surface area contributed by atoms with Crippen LogP contribution in [0.5, 0.6) is 0 Å². The minimum atomic E-state index is 0.998. The third-order valence-corrected chi connectivity index (χ3v) is 4.12. The lowest BCUT2D eigenvalue weighted by Crippen LogP contribution is -2.43. The monoisotopic (exact) mass is 278 g/mol. The van der Waals surface area contributed by atoms with Gasteiger partial charge in [-0.1, -0.05) is 42.5 Å². The number of para-hydroxylation sites is 1. The molecule has 3 heteroatoms. The number of rotatable bonds is 2. The molecule has 0 saturated carbocycles. The Balaban J connectivity index is 1.83. The first kappa shape index (κ1) is 12.5. The molecule has 0 atom stereocenters. The molecule has 1 fully saturated rings. The maximum Gasteiger partial charge on any atom is 0.157 e. The SMILES string of the molecule is c1ccc(-c2coc3c(N4CCNCC4)cccc23)cc1. The van der Waals surface area contributed by atoms with E-state index >= 15 is 0 Å². The lowest BCUT2D eigenvalue weighted by atomic mass is 10.0. The topological polar surface area (TPSA) is 28.4 Å². The van der Waals surface area contributed by atoms with Crippen LogP contribution in [0.15, 0.2) is 59.2 Å². The van der Waals surface area contributed by atoms with Gasteiger partial charge in [0.15, 0.2) is 5.58 Å². The summed E-state index contributed by atoms with van der Waals surface area (Å²) in [7, 11) is 0. The first-order valence-corrected chi connectivity index (χ1v) is 7.45. The van der Waals surface area contributed by atoms with Crippen LogP contribution in [0.4, 0.5) is 5.69 Å². The van der Waals surface area contributed by atoms with Gasteiger partial charge in [-0.05, 0) is 11.6 Å². The number of nitrogens with one attached hydrogen (secondary N) is 1. The van der Waals surface area contributed by atoms with Crippen molar-refractivity contribution in [1.29, 1.82) is 0 Å². The molecule has 2 heterocycles. The quantitative estimate of drug-likeness (QED) is 0.777. The van der Waals surface area contributed by atoms with E-state index < -0.39 is 0 Å². The highest BCUT2D eigenvalue weighted by molar-refractivity contribution is 6.00. The fourth-order valence-electron chi connectivity index (χ4n) is 3.04. The zero-order valence-electron chi connectivity index (χ0n) is 11.9. The Morgan fingerprint density at radius 1 is 0.905 bits per heavy atom. The number of benzene rings is 2. The van der Waals surface area contributed by atoms with Crippen LogP contribution in [0.3, 0.4) is 0 Å². The number of hydrogen-bond donors (Lipinski definition) is 1. The number of fused-ring (bicyclic) bond motifs is 1. The summed E-state index contributed by atoms with van der Waals surface area (Å²) in [6.07, 6.45) is 1.88. The van der Waals surface area contributed by atoms with E-state index in [9.17, 15) is 0 Å². The van der Waals surface area contributed by atoms with Crippen molar-refractivity contribution < 1.29 is 4.42 Å². The average molecular weight is 278 g/mol. The molecular weight excluding hydrogens is 260 g/mol. The fraction of sp³-hybridized carbons (Fsp3) is 0.222. The summed E-state index contributed by atoms with van der Waals surface area (Å²) in [6.45, 7) is 4.12. The minimum absolute atomic E-state index is 0.998. The summed E-state index contributed by atoms with van der Waals surface area (Å²) in [5.74, 6) is 0. The molecule has 1 aromatic heterocycles. The van der Waals surface area contributed by atoms with E-state index in [1.807, 2.05) is 12.3 Å². The molecule has 106 valence electrons. The third kappa shape index (κ3) is 2.20. The average Bonchev–Trinajstić information content (AvgIpc) is 3.00. The predicted octanol–water partition coefficient (Wildman–Crippen LogP) is 3.51. The maximum absolute atomic E-state index is 5.93. The van der Waals surface area contributed by atoms with Gasteiger partial charge in [0.25, 0.3) is 0 Å². The number of nitrogens with zero attached hydrogens (tertiary/aromatic N) is 1. The highest BCUT2D eigenvalue weighted by atomic mass is 16.3. The zero-order valence-corrected chi connectivity index (χ0v) is 11.9. The predicted molar refractivity (Wildman–Crippen MR) is 86.7 cm³/mol. The number of piperazine rings is 1. The second-order valence-corrected chi connectivity index (χ2v) is 5.41. The number of hydrogen-bond acceptors (Lipinski definition) is 3. The highest BCUT2D eigenvalue weighted by Crippen LogP contribution is 2.35. The van der Waals surface area contributed by atoms with Gasteiger partial charge in [-0.2, -0.15) is 0 Å². The van der Waals surface area contributed by atoms with E-state index in [2.05, 4.69) is 52.7 Å². The molecule has 1 aliphatic rings. The largest absolute Gasteiger partial charge is 0.461 e. The van der Waals surface area contributed by atoms with E-state index in [-0.39, 0.29) is 0 Å². The second kappa shape index (κ2) is 5.26. The molecule has 4 rings (SSSR count). The molecule has 0 amide bonds. The Morgan fingerprint density at radius 3 is 2.52 bits per heavy atom. The molecule has 0 radical (unpaired) electrons. The zero-order chi connectivity index (χ0) is 14.1. The second-order valence-electron chi connectivity index (χ2n) is 5.41. The molecular formula is C18H18N2O. The van der Waals surface area contributed by atoms with Gasteiger partial charge in [0.2, 0.25) is 0 Å². The van der Waals surface area contributed by atoms with Crippen LogP contribution in [0.1, 0.15) is 0 Å². The molecule has 1 saturated heterocycles. The van der Waals surface area contributed by atoms with Crippen molar-refractivity contribution in [3.05, 3.63) is 54.8 Å². The van der Waals surface area contributed by atoms with Crippen molar-refractivity contribution in [1.82, 2.24) is 5.32 Å². The standard InChI is InChI=1S/C18H18N2O/c1-2-5-14(6-3-1)16-13-21-18-15(16)7-4-8-17(18)20-11-9-19-10-12-20/h1-8,13,19H,9-12H2. The number of furan rings is 1. The van der Waals surface area contributed by atoms with Gasteiger partial charge in [-0.15, -0.1) is 0 Å². The van der Waals surface area contributed by atoms with Crippen LogP contribution < -0.4 is 10.2 Å². The Bertz CT molecular complexity index is 742. The molecule has 0 unspecified atom stereocenters. The third-order valence-electron chi connectivity index (χ3n) is 4.12. The van der Waals surface area contributed by atoms with Crippen molar-refractivity contribution in [3.63, 3.8) is 0 Å². The molecule has 3 aromatic rings. The lowest BCUT2D eigenvalue weighted by Gasteiger charge is -2.29. The van der Waals surface area contributed by atoms with Gasteiger partial charge in [0.05, 0.1) is 12.0 Å². The van der Waals surface area contributed by atoms with Gasteiger partial charge in [0, 0.05) is 37.1 Å². The van der Waals surface area contributed by atoms with E-state index in [0.717, 1.165) is 31.8 Å². The van der Waals surface area contributed by atoms with Crippen LogP contribution in [0.2, 0.25) is 0 Å². The Labute approximate surface area is 124 Å². The van der Waals surface area contributed by atoms with Crippen LogP contribution in [-0.2, 0) is 0 Å². The molecule has 1 aliphatic heterocycles. The van der Waals surface area contributed by atoms with Gasteiger partial charge in [-0.25, -0.2) is 0 Å². The molecule has 0 bridgehead atoms. The molecule has 21 heavy (non-hydrogen) atoms. The van der Waals surface area contributed by atoms with Crippen LogP contribution in [-0.4, -0.2) is 26.2 Å². The summed E-state index contributed by atoms with van der Waals surface area (Å²) in [4.78, 5) is 2.40. The van der Waals surface area contributed by atoms with Crippen molar-refractivity contribution in [2.24, 2.45) is 0 Å². The van der Waals surface area contributed by atoms with Crippen LogP contribution in [0.25, 0.3) is 22.1 Å². The summed E-state index contributed by atoms with van der Waals surface area (Å²) >= 11 is 0. The van der Waals surface area contributed by atoms with E-state index in [4.69, 9.17) is 4.42 Å². The maximum atomic E-state index is 5.93. The molecule has 2 aromatic carbocycles. The molecule has 0 aliphatic carbocycles. The smallest absolute Gasteiger partial charge is 0.157 e. The summed E-state index contributed by atoms with van der Waals surface area (Å²) in [5, 5.41) is 4.58. The Hall–Kier alpha value is -2.26. The summed E-state index contributed by atoms with van der Waals surface area (Å²) in [6, 6.07) is 16.9. The van der Waals surface area contributed by atoms with Crippen LogP contribution in [0, 0.1) is 0 Å². The van der Waals surface area contributed by atoms with E-state index in [1.165, 1.54) is 22.2 Å². The summed E-state index contributed by atoms with van der Waals surface area (Å²) < 4.78 is 5.93. The Kier molecular flexibility index (Phi) is 3.13. The fourth-order valence-corrected chi connectivity index (χ4v) is 3.04. The van der Waals surface area contributed by atoms with Gasteiger partial charge >= 0.3 is 0 Å². The van der Waals surface area contributed by atoms with Crippen molar-refractivity contribution in [2.45, 2.75) is 0 Å². The Morgan fingerprint density at radius 2 is 1.71 bits per heavy atom. The van der Waals surface area contributed by atoms with Crippen LogP contribution >= 0.6 is 0 Å². The van der Waals surface area contributed by atoms with Gasteiger partial charge < -0.3 is 14.6 Å². The van der Waals surface area contributed by atoms with Crippen molar-refractivity contribution in [3.8, 4) is 11.1 Å². The minimum Gasteiger partial charge on any atom is -0.461 e. The van der Waals surface area contributed by atoms with Crippen molar-refractivity contribution in [2.75, 3.05) is 31.1 Å². The molecule has 0 spiro atoms. The van der Waals surface area contributed by atoms with Gasteiger partial charge in [0.1, 0.15) is 0 Å². The lowest BCUT2D eigenvalue weighted by molar-refractivity contribution is 0.579. The number of anilines is 1. The van der Waals surface area contributed by atoms with Gasteiger partial charge in [-0.3, -0.25) is 0 Å². The highest BCUT2D eigenvalue weighted by Gasteiger charge is 2.17. The van der Waals surface area contributed by atoms with Crippen molar-refractivity contribution >= 4 is 16.7 Å². The molecule has 3 nitrogen and oxygen atoms in total. The summed E-state index contributed by atoms with van der Waals surface area (Å²) in [5.41, 5.74) is 4.57. The van der Waals surface area contributed by atoms with E-state index in [0.29, 0.717) is 0 Å². The molecule has 1 N–H and O–H groups in total. The first-order chi connectivity index (χ1) is 10.4. The first-order valence-electron chi connectivity index (χ1n) is 7.45. The van der Waals surface area contributed by atoms with E-state index in [1.54, 1.807) is 0 Å².